The van der Waals surface area contributed by atoms with E-state index < -0.39 is 5.41 Å². The summed E-state index contributed by atoms with van der Waals surface area (Å²) in [5, 5.41) is 11.9. The van der Waals surface area contributed by atoms with Crippen LogP contribution >= 0.6 is 0 Å². The van der Waals surface area contributed by atoms with Gasteiger partial charge >= 0.3 is 0 Å². The highest BCUT2D eigenvalue weighted by atomic mass is 16.4. The van der Waals surface area contributed by atoms with Crippen molar-refractivity contribution in [2.45, 2.75) is 58.4 Å². The third kappa shape index (κ3) is 2.55. The molecule has 0 aromatic rings. The summed E-state index contributed by atoms with van der Waals surface area (Å²) in [5.41, 5.74) is 4.75. The summed E-state index contributed by atoms with van der Waals surface area (Å²) in [5.74, 6) is 0.640. The van der Waals surface area contributed by atoms with Gasteiger partial charge in [-0.05, 0) is 45.4 Å². The molecular weight excluding hydrogens is 242 g/mol. The van der Waals surface area contributed by atoms with Gasteiger partial charge in [-0.3, -0.25) is 4.79 Å². The minimum absolute atomic E-state index is 0.00259. The predicted octanol–water partition coefficient (Wildman–Crippen LogP) is 1.94. The molecule has 1 heterocycles. The van der Waals surface area contributed by atoms with Crippen LogP contribution in [0.2, 0.25) is 0 Å². The van der Waals surface area contributed by atoms with Gasteiger partial charge in [0.05, 0.1) is 0 Å². The van der Waals surface area contributed by atoms with Crippen LogP contribution in [0, 0.1) is 11.3 Å². The second-order valence-electron chi connectivity index (χ2n) is 6.36. The Morgan fingerprint density at radius 3 is 2.47 bits per heavy atom. The topological polar surface area (TPSA) is 78.9 Å². The Hall–Kier alpha value is -1.26. The van der Waals surface area contributed by atoms with Crippen molar-refractivity contribution >= 4 is 11.7 Å². The molecule has 1 saturated carbocycles. The molecule has 5 nitrogen and oxygen atoms in total. The van der Waals surface area contributed by atoms with Crippen molar-refractivity contribution in [2.24, 2.45) is 22.2 Å². The molecule has 1 aliphatic carbocycles. The molecule has 1 aliphatic heterocycles. The van der Waals surface area contributed by atoms with Crippen LogP contribution in [0.3, 0.4) is 0 Å². The molecule has 0 aromatic carbocycles. The first kappa shape index (κ1) is 14.2. The SMILES string of the molecule is CC(C)(C(=O)N1CCCC1C1CCCC1)C(N)=NO. The van der Waals surface area contributed by atoms with Crippen LogP contribution in [0.1, 0.15) is 52.4 Å². The van der Waals surface area contributed by atoms with Crippen LogP contribution in [0.15, 0.2) is 5.16 Å². The minimum atomic E-state index is -0.921. The first-order valence-corrected chi connectivity index (χ1v) is 7.27. The van der Waals surface area contributed by atoms with Gasteiger partial charge in [-0.2, -0.15) is 0 Å². The fourth-order valence-corrected chi connectivity index (χ4v) is 3.47. The van der Waals surface area contributed by atoms with Crippen LogP contribution < -0.4 is 5.73 Å². The van der Waals surface area contributed by atoms with Crippen molar-refractivity contribution < 1.29 is 10.0 Å². The maximum Gasteiger partial charge on any atom is 0.236 e. The summed E-state index contributed by atoms with van der Waals surface area (Å²) in [6.45, 7) is 4.27. The fraction of sp³-hybridized carbons (Fsp3) is 0.857. The molecule has 0 aromatic heterocycles. The third-order valence-corrected chi connectivity index (χ3v) is 4.79. The molecular formula is C14H25N3O2. The van der Waals surface area contributed by atoms with E-state index in [-0.39, 0.29) is 11.7 Å². The van der Waals surface area contributed by atoms with E-state index in [1.165, 1.54) is 25.7 Å². The number of rotatable bonds is 3. The Balaban J connectivity index is 2.13. The van der Waals surface area contributed by atoms with Crippen LogP contribution in [0.25, 0.3) is 0 Å². The Morgan fingerprint density at radius 1 is 1.26 bits per heavy atom. The lowest BCUT2D eigenvalue weighted by Gasteiger charge is -2.35. The summed E-state index contributed by atoms with van der Waals surface area (Å²) in [4.78, 5) is 14.7. The summed E-state index contributed by atoms with van der Waals surface area (Å²) < 4.78 is 0. The van der Waals surface area contributed by atoms with Crippen molar-refractivity contribution in [3.8, 4) is 0 Å². The molecule has 0 radical (unpaired) electrons. The van der Waals surface area contributed by atoms with Gasteiger partial charge in [0.1, 0.15) is 5.41 Å². The number of nitrogens with zero attached hydrogens (tertiary/aromatic N) is 2. The number of hydrogen-bond donors (Lipinski definition) is 2. The lowest BCUT2D eigenvalue weighted by atomic mass is 9.88. The smallest absolute Gasteiger partial charge is 0.236 e. The first-order valence-electron chi connectivity index (χ1n) is 7.27. The number of amidine groups is 1. The number of likely N-dealkylation sites (tertiary alicyclic amines) is 1. The zero-order valence-corrected chi connectivity index (χ0v) is 11.9. The van der Waals surface area contributed by atoms with Gasteiger partial charge in [0, 0.05) is 12.6 Å². The largest absolute Gasteiger partial charge is 0.409 e. The number of carbonyl (C=O) groups is 1. The van der Waals surface area contributed by atoms with Crippen molar-refractivity contribution in [3.05, 3.63) is 0 Å². The Morgan fingerprint density at radius 2 is 1.89 bits per heavy atom. The molecule has 5 heteroatoms. The van der Waals surface area contributed by atoms with Crippen molar-refractivity contribution in [3.63, 3.8) is 0 Å². The van der Waals surface area contributed by atoms with E-state index >= 15 is 0 Å². The van der Waals surface area contributed by atoms with Gasteiger partial charge in [-0.15, -0.1) is 0 Å². The molecule has 108 valence electrons. The molecule has 1 atom stereocenters. The van der Waals surface area contributed by atoms with Crippen molar-refractivity contribution in [2.75, 3.05) is 6.54 Å². The van der Waals surface area contributed by atoms with Gasteiger partial charge in [0.25, 0.3) is 0 Å². The number of amides is 1. The van der Waals surface area contributed by atoms with Crippen molar-refractivity contribution in [1.82, 2.24) is 4.90 Å². The maximum absolute atomic E-state index is 12.7. The second-order valence-corrected chi connectivity index (χ2v) is 6.36. The molecule has 1 saturated heterocycles. The molecule has 1 unspecified atom stereocenters. The lowest BCUT2D eigenvalue weighted by molar-refractivity contribution is -0.138. The molecule has 19 heavy (non-hydrogen) atoms. The van der Waals surface area contributed by atoms with E-state index in [0.29, 0.717) is 12.0 Å². The Kier molecular flexibility index (Phi) is 4.02. The normalized spacial score (nSPS) is 26.1. The quantitative estimate of drug-likeness (QED) is 0.355. The van der Waals surface area contributed by atoms with Gasteiger partial charge < -0.3 is 15.8 Å². The molecule has 2 fully saturated rings. The second kappa shape index (κ2) is 5.39. The van der Waals surface area contributed by atoms with Crippen LogP contribution in [0.5, 0.6) is 0 Å². The highest BCUT2D eigenvalue weighted by Crippen LogP contribution is 2.37. The zero-order valence-electron chi connectivity index (χ0n) is 11.9. The van der Waals surface area contributed by atoms with Crippen LogP contribution in [-0.2, 0) is 4.79 Å². The Labute approximate surface area is 114 Å². The zero-order chi connectivity index (χ0) is 14.0. The number of oxime groups is 1. The van der Waals surface area contributed by atoms with E-state index in [4.69, 9.17) is 10.9 Å². The summed E-state index contributed by atoms with van der Waals surface area (Å²) in [6, 6.07) is 0.362. The van der Waals surface area contributed by atoms with E-state index in [2.05, 4.69) is 5.16 Å². The average Bonchev–Trinajstić information content (AvgIpc) is 3.06. The summed E-state index contributed by atoms with van der Waals surface area (Å²) >= 11 is 0. The van der Waals surface area contributed by atoms with E-state index in [0.717, 1.165) is 19.4 Å². The molecule has 1 amide bonds. The molecule has 2 aliphatic rings. The lowest BCUT2D eigenvalue weighted by Crippen LogP contribution is -2.50. The highest BCUT2D eigenvalue weighted by Gasteiger charge is 2.43. The third-order valence-electron chi connectivity index (χ3n) is 4.79. The fourth-order valence-electron chi connectivity index (χ4n) is 3.47. The number of carbonyl (C=O) groups excluding carboxylic acids is 1. The first-order chi connectivity index (χ1) is 8.98. The monoisotopic (exact) mass is 267 g/mol. The van der Waals surface area contributed by atoms with E-state index in [1.54, 1.807) is 13.8 Å². The van der Waals surface area contributed by atoms with E-state index in [1.807, 2.05) is 4.90 Å². The van der Waals surface area contributed by atoms with Crippen LogP contribution in [-0.4, -0.2) is 34.4 Å². The van der Waals surface area contributed by atoms with Crippen molar-refractivity contribution in [1.29, 1.82) is 0 Å². The van der Waals surface area contributed by atoms with Crippen LogP contribution in [0.4, 0.5) is 0 Å². The van der Waals surface area contributed by atoms with Gasteiger partial charge in [0.15, 0.2) is 5.84 Å². The average molecular weight is 267 g/mol. The summed E-state index contributed by atoms with van der Waals surface area (Å²) in [6.07, 6.45) is 7.21. The minimum Gasteiger partial charge on any atom is -0.409 e. The molecule has 0 spiro atoms. The highest BCUT2D eigenvalue weighted by molar-refractivity contribution is 6.06. The molecule has 2 rings (SSSR count). The summed E-state index contributed by atoms with van der Waals surface area (Å²) in [7, 11) is 0. The standard InChI is InChI=1S/C14H25N3O2/c1-14(2,12(15)16-19)13(18)17-9-5-8-11(17)10-6-3-4-7-10/h10-11,19H,3-9H2,1-2H3,(H2,15,16). The predicted molar refractivity (Wildman–Crippen MR) is 73.9 cm³/mol. The van der Waals surface area contributed by atoms with Gasteiger partial charge in [0.2, 0.25) is 5.91 Å². The van der Waals surface area contributed by atoms with Gasteiger partial charge in [-0.1, -0.05) is 18.0 Å². The molecule has 3 N–H and O–H groups in total. The van der Waals surface area contributed by atoms with E-state index in [9.17, 15) is 4.79 Å². The number of nitrogens with two attached hydrogens (primary N) is 1. The molecule has 0 bridgehead atoms. The Bertz CT molecular complexity index is 373. The number of hydrogen-bond acceptors (Lipinski definition) is 3. The maximum atomic E-state index is 12.7. The van der Waals surface area contributed by atoms with Gasteiger partial charge in [-0.25, -0.2) is 0 Å².